The van der Waals surface area contributed by atoms with Gasteiger partial charge in [-0.15, -0.1) is 0 Å². The van der Waals surface area contributed by atoms with Crippen molar-refractivity contribution in [2.45, 2.75) is 31.8 Å². The first-order chi connectivity index (χ1) is 14.4. The van der Waals surface area contributed by atoms with Crippen molar-refractivity contribution >= 4 is 22.5 Å². The highest BCUT2D eigenvalue weighted by molar-refractivity contribution is 6.06. The molecule has 0 aliphatic carbocycles. The number of nitrogens with zero attached hydrogens (tertiary/aromatic N) is 2. The van der Waals surface area contributed by atoms with Crippen molar-refractivity contribution in [3.05, 3.63) is 75.6 Å². The fraction of sp³-hybridized carbons (Fsp3) is 0.304. The van der Waals surface area contributed by atoms with Crippen LogP contribution in [-0.2, 0) is 0 Å². The van der Waals surface area contributed by atoms with Gasteiger partial charge in [-0.25, -0.2) is 8.78 Å². The average molecular weight is 409 g/mol. The first-order valence-electron chi connectivity index (χ1n) is 10.1. The van der Waals surface area contributed by atoms with Gasteiger partial charge < -0.3 is 14.8 Å². The lowest BCUT2D eigenvalue weighted by Gasteiger charge is -2.42. The number of fused-ring (bicyclic) bond motifs is 3. The largest absolute Gasteiger partial charge is 0.362 e. The number of likely N-dealkylation sites (tertiary alicyclic amines) is 1. The van der Waals surface area contributed by atoms with Crippen LogP contribution in [0.1, 0.15) is 28.8 Å². The number of amides is 1. The molecule has 2 fully saturated rings. The summed E-state index contributed by atoms with van der Waals surface area (Å²) in [7, 11) is 0. The van der Waals surface area contributed by atoms with Crippen molar-refractivity contribution in [2.24, 2.45) is 0 Å². The molecule has 2 unspecified atom stereocenters. The highest BCUT2D eigenvalue weighted by Crippen LogP contribution is 2.36. The molecule has 2 aliphatic rings. The van der Waals surface area contributed by atoms with Crippen LogP contribution in [0.3, 0.4) is 0 Å². The summed E-state index contributed by atoms with van der Waals surface area (Å²) in [5.74, 6) is -1.90. The van der Waals surface area contributed by atoms with Gasteiger partial charge in [0, 0.05) is 53.9 Å². The van der Waals surface area contributed by atoms with Crippen molar-refractivity contribution < 1.29 is 13.6 Å². The first kappa shape index (κ1) is 18.8. The third kappa shape index (κ3) is 3.05. The van der Waals surface area contributed by atoms with Crippen molar-refractivity contribution in [3.8, 4) is 0 Å². The Morgan fingerprint density at radius 3 is 2.43 bits per heavy atom. The smallest absolute Gasteiger partial charge is 0.254 e. The maximum atomic E-state index is 13.8. The molecule has 2 aromatic carbocycles. The molecule has 3 aromatic rings. The van der Waals surface area contributed by atoms with E-state index in [4.69, 9.17) is 0 Å². The standard InChI is InChI=1S/C23H21F2N3O2/c1-13-2-7-21-17(8-13)18(10-22(29)26-21)23(30)27-11-15-3-4-16(12-27)28(15)14-5-6-19(24)20(25)9-14/h2,5-10,15-16H,3-4,11-12H2,1H3,(H,26,29). The van der Waals surface area contributed by atoms with E-state index in [9.17, 15) is 18.4 Å². The number of nitrogens with one attached hydrogen (secondary N) is 1. The molecule has 3 heterocycles. The zero-order valence-electron chi connectivity index (χ0n) is 16.5. The van der Waals surface area contributed by atoms with Gasteiger partial charge in [0.15, 0.2) is 11.6 Å². The van der Waals surface area contributed by atoms with Gasteiger partial charge >= 0.3 is 0 Å². The zero-order valence-corrected chi connectivity index (χ0v) is 16.5. The van der Waals surface area contributed by atoms with Crippen LogP contribution in [0.2, 0.25) is 0 Å². The van der Waals surface area contributed by atoms with Gasteiger partial charge in [0.25, 0.3) is 5.91 Å². The van der Waals surface area contributed by atoms with E-state index < -0.39 is 11.6 Å². The molecule has 5 rings (SSSR count). The average Bonchev–Trinajstić information content (AvgIpc) is 2.98. The monoisotopic (exact) mass is 409 g/mol. The summed E-state index contributed by atoms with van der Waals surface area (Å²) in [6.07, 6.45) is 1.76. The predicted octanol–water partition coefficient (Wildman–Crippen LogP) is 3.61. The summed E-state index contributed by atoms with van der Waals surface area (Å²) < 4.78 is 27.1. The van der Waals surface area contributed by atoms with Crippen LogP contribution in [0, 0.1) is 18.6 Å². The fourth-order valence-electron chi connectivity index (χ4n) is 4.85. The lowest BCUT2D eigenvalue weighted by Crippen LogP contribution is -2.55. The minimum Gasteiger partial charge on any atom is -0.362 e. The number of piperazine rings is 1. The first-order valence-corrected chi connectivity index (χ1v) is 10.1. The molecule has 154 valence electrons. The van der Waals surface area contributed by atoms with E-state index in [0.29, 0.717) is 29.9 Å². The highest BCUT2D eigenvalue weighted by atomic mass is 19.2. The van der Waals surface area contributed by atoms with Crippen LogP contribution in [-0.4, -0.2) is 41.0 Å². The molecule has 1 aromatic heterocycles. The Kier molecular flexibility index (Phi) is 4.34. The molecule has 1 amide bonds. The number of rotatable bonds is 2. The van der Waals surface area contributed by atoms with E-state index in [1.165, 1.54) is 12.1 Å². The van der Waals surface area contributed by atoms with E-state index in [2.05, 4.69) is 9.88 Å². The maximum Gasteiger partial charge on any atom is 0.254 e. The molecule has 0 spiro atoms. The van der Waals surface area contributed by atoms with Gasteiger partial charge in [0.1, 0.15) is 0 Å². The molecule has 0 radical (unpaired) electrons. The number of aromatic amines is 1. The molecule has 2 aliphatic heterocycles. The van der Waals surface area contributed by atoms with E-state index in [1.807, 2.05) is 25.1 Å². The Morgan fingerprint density at radius 2 is 1.73 bits per heavy atom. The van der Waals surface area contributed by atoms with E-state index >= 15 is 0 Å². The number of anilines is 1. The Balaban J connectivity index is 1.46. The van der Waals surface area contributed by atoms with Gasteiger partial charge in [-0.2, -0.15) is 0 Å². The van der Waals surface area contributed by atoms with Gasteiger partial charge in [0.05, 0.1) is 5.56 Å². The molecule has 2 bridgehead atoms. The van der Waals surface area contributed by atoms with E-state index in [1.54, 1.807) is 11.0 Å². The molecule has 1 N–H and O–H groups in total. The summed E-state index contributed by atoms with van der Waals surface area (Å²) in [5, 5.41) is 0.731. The van der Waals surface area contributed by atoms with Crippen molar-refractivity contribution in [3.63, 3.8) is 0 Å². The van der Waals surface area contributed by atoms with Crippen LogP contribution in [0.4, 0.5) is 14.5 Å². The molecule has 0 saturated carbocycles. The molecular weight excluding hydrogens is 388 g/mol. The third-order valence-corrected chi connectivity index (χ3v) is 6.20. The van der Waals surface area contributed by atoms with Crippen molar-refractivity contribution in [1.82, 2.24) is 9.88 Å². The molecule has 30 heavy (non-hydrogen) atoms. The maximum absolute atomic E-state index is 13.8. The predicted molar refractivity (Wildman–Crippen MR) is 111 cm³/mol. The number of pyridine rings is 1. The number of aryl methyl sites for hydroxylation is 1. The van der Waals surface area contributed by atoms with Gasteiger partial charge in [-0.3, -0.25) is 9.59 Å². The summed E-state index contributed by atoms with van der Waals surface area (Å²) in [6.45, 7) is 2.91. The Bertz CT molecular complexity index is 1210. The SMILES string of the molecule is Cc1ccc2[nH]c(=O)cc(C(=O)N3CC4CCC(C3)N4c3ccc(F)c(F)c3)c2c1. The minimum atomic E-state index is -0.865. The quantitative estimate of drug-likeness (QED) is 0.704. The second kappa shape index (κ2) is 6.93. The van der Waals surface area contributed by atoms with E-state index in [-0.39, 0.29) is 23.6 Å². The second-order valence-corrected chi connectivity index (χ2v) is 8.20. The summed E-state index contributed by atoms with van der Waals surface area (Å²) in [5.41, 5.74) is 2.38. The number of hydrogen-bond donors (Lipinski definition) is 1. The van der Waals surface area contributed by atoms with Crippen molar-refractivity contribution in [2.75, 3.05) is 18.0 Å². The van der Waals surface area contributed by atoms with Crippen LogP contribution < -0.4 is 10.5 Å². The van der Waals surface area contributed by atoms with Gasteiger partial charge in [-0.05, 0) is 44.0 Å². The van der Waals surface area contributed by atoms with Crippen LogP contribution in [0.5, 0.6) is 0 Å². The fourth-order valence-corrected chi connectivity index (χ4v) is 4.85. The summed E-state index contributed by atoms with van der Waals surface area (Å²) >= 11 is 0. The molecular formula is C23H21F2N3O2. The van der Waals surface area contributed by atoms with Crippen LogP contribution in [0.15, 0.2) is 47.3 Å². The van der Waals surface area contributed by atoms with E-state index in [0.717, 1.165) is 29.9 Å². The third-order valence-electron chi connectivity index (χ3n) is 6.20. The van der Waals surface area contributed by atoms with Gasteiger partial charge in [0.2, 0.25) is 5.56 Å². The van der Waals surface area contributed by atoms with Crippen LogP contribution in [0.25, 0.3) is 10.9 Å². The number of H-pyrrole nitrogens is 1. The minimum absolute atomic E-state index is 0.0348. The van der Waals surface area contributed by atoms with Crippen molar-refractivity contribution in [1.29, 1.82) is 0 Å². The Labute approximate surface area is 171 Å². The number of hydrogen-bond acceptors (Lipinski definition) is 3. The number of carbonyl (C=O) groups excluding carboxylic acids is 1. The summed E-state index contributed by atoms with van der Waals surface area (Å²) in [6, 6.07) is 11.0. The number of benzene rings is 2. The number of carbonyl (C=O) groups is 1. The lowest BCUT2D eigenvalue weighted by atomic mass is 10.0. The zero-order chi connectivity index (χ0) is 21.0. The normalized spacial score (nSPS) is 20.8. The topological polar surface area (TPSA) is 56.4 Å². The molecule has 2 saturated heterocycles. The van der Waals surface area contributed by atoms with Gasteiger partial charge in [-0.1, -0.05) is 11.6 Å². The Hall–Kier alpha value is -3.22. The summed E-state index contributed by atoms with van der Waals surface area (Å²) in [4.78, 5) is 32.2. The second-order valence-electron chi connectivity index (χ2n) is 8.20. The Morgan fingerprint density at radius 1 is 1.00 bits per heavy atom. The molecule has 5 nitrogen and oxygen atoms in total. The molecule has 7 heteroatoms. The lowest BCUT2D eigenvalue weighted by molar-refractivity contribution is 0.0719. The van der Waals surface area contributed by atoms with Crippen LogP contribution >= 0.6 is 0 Å². The number of aromatic nitrogens is 1. The molecule has 2 atom stereocenters. The number of halogens is 2. The highest BCUT2D eigenvalue weighted by Gasteiger charge is 2.42.